The lowest BCUT2D eigenvalue weighted by atomic mass is 10.1. The van der Waals surface area contributed by atoms with Crippen molar-refractivity contribution in [3.05, 3.63) is 40.8 Å². The van der Waals surface area contributed by atoms with Gasteiger partial charge in [-0.15, -0.1) is 11.3 Å². The van der Waals surface area contributed by atoms with Crippen LogP contribution < -0.4 is 10.2 Å². The summed E-state index contributed by atoms with van der Waals surface area (Å²) in [5.74, 6) is 0.622. The van der Waals surface area contributed by atoms with Crippen LogP contribution in [-0.2, 0) is 16.2 Å². The number of nitrogens with one attached hydrogen (secondary N) is 1. The van der Waals surface area contributed by atoms with Gasteiger partial charge in [-0.05, 0) is 31.0 Å². The highest BCUT2D eigenvalue weighted by atomic mass is 32.1. The molecule has 1 N–H and O–H groups in total. The minimum atomic E-state index is -0.341. The van der Waals surface area contributed by atoms with E-state index in [1.165, 1.54) is 11.3 Å². The molecule has 6 heteroatoms. The number of amides is 1. The summed E-state index contributed by atoms with van der Waals surface area (Å²) in [5.41, 5.74) is 4.58. The minimum absolute atomic E-state index is 0.240. The zero-order valence-corrected chi connectivity index (χ0v) is 13.4. The van der Waals surface area contributed by atoms with Crippen LogP contribution >= 0.6 is 11.3 Å². The second-order valence-electron chi connectivity index (χ2n) is 5.60. The van der Waals surface area contributed by atoms with Gasteiger partial charge in [-0.2, -0.15) is 0 Å². The van der Waals surface area contributed by atoms with E-state index in [-0.39, 0.29) is 12.2 Å². The van der Waals surface area contributed by atoms with E-state index in [1.807, 2.05) is 30.3 Å². The SMILES string of the molecule is O=C(NOC1CCCCO1)c1cc2c(s1)-c1ccccc1OC2. The molecular weight excluding hydrogens is 314 g/mol. The second kappa shape index (κ2) is 6.31. The summed E-state index contributed by atoms with van der Waals surface area (Å²) in [6, 6.07) is 9.75. The van der Waals surface area contributed by atoms with Crippen molar-refractivity contribution < 1.29 is 19.1 Å². The highest BCUT2D eigenvalue weighted by Gasteiger charge is 2.23. The third-order valence-corrected chi connectivity index (χ3v) is 5.18. The molecule has 0 spiro atoms. The summed E-state index contributed by atoms with van der Waals surface area (Å²) in [6.07, 6.45) is 2.57. The Morgan fingerprint density at radius 3 is 3.09 bits per heavy atom. The summed E-state index contributed by atoms with van der Waals surface area (Å²) in [7, 11) is 0. The van der Waals surface area contributed by atoms with Crippen molar-refractivity contribution in [3.63, 3.8) is 0 Å². The van der Waals surface area contributed by atoms with Gasteiger partial charge in [0.15, 0.2) is 6.29 Å². The molecule has 0 radical (unpaired) electrons. The molecule has 2 aliphatic rings. The topological polar surface area (TPSA) is 56.8 Å². The third-order valence-electron chi connectivity index (χ3n) is 3.97. The lowest BCUT2D eigenvalue weighted by Gasteiger charge is -2.21. The molecule has 2 aliphatic heterocycles. The number of carbonyl (C=O) groups is 1. The molecule has 23 heavy (non-hydrogen) atoms. The number of ether oxygens (including phenoxy) is 2. The fourth-order valence-corrected chi connectivity index (χ4v) is 3.87. The molecule has 1 unspecified atom stereocenters. The number of carbonyl (C=O) groups excluding carboxylic acids is 1. The Bertz CT molecular complexity index is 721. The molecule has 2 aromatic rings. The van der Waals surface area contributed by atoms with E-state index in [0.717, 1.165) is 41.0 Å². The van der Waals surface area contributed by atoms with E-state index in [9.17, 15) is 4.79 Å². The van der Waals surface area contributed by atoms with Gasteiger partial charge in [-0.1, -0.05) is 12.1 Å². The molecule has 1 fully saturated rings. The van der Waals surface area contributed by atoms with Gasteiger partial charge in [0.2, 0.25) is 0 Å². The number of fused-ring (bicyclic) bond motifs is 3. The molecule has 5 nitrogen and oxygen atoms in total. The Kier molecular flexibility index (Phi) is 4.03. The van der Waals surface area contributed by atoms with Crippen molar-refractivity contribution in [2.24, 2.45) is 0 Å². The standard InChI is InChI=1S/C17H17NO4S/c19-17(18-22-15-7-3-4-8-20-15)14-9-11-10-21-13-6-2-1-5-12(13)16(11)23-14/h1-2,5-6,9,15H,3-4,7-8,10H2,(H,18,19). The van der Waals surface area contributed by atoms with Crippen molar-refractivity contribution >= 4 is 17.2 Å². The van der Waals surface area contributed by atoms with E-state index in [2.05, 4.69) is 5.48 Å². The van der Waals surface area contributed by atoms with Gasteiger partial charge in [0, 0.05) is 29.0 Å². The zero-order chi connectivity index (χ0) is 15.6. The number of rotatable bonds is 3. The first-order valence-electron chi connectivity index (χ1n) is 7.74. The Labute approximate surface area is 138 Å². The molecule has 1 aromatic carbocycles. The van der Waals surface area contributed by atoms with Crippen molar-refractivity contribution in [2.45, 2.75) is 32.2 Å². The average Bonchev–Trinajstić information content (AvgIpc) is 3.05. The quantitative estimate of drug-likeness (QED) is 0.875. The molecular formula is C17H17NO4S. The van der Waals surface area contributed by atoms with Crippen LogP contribution in [0.1, 0.15) is 34.5 Å². The smallest absolute Gasteiger partial charge is 0.285 e. The molecule has 0 aliphatic carbocycles. The van der Waals surface area contributed by atoms with Crippen molar-refractivity contribution in [1.29, 1.82) is 0 Å². The molecule has 1 aromatic heterocycles. The van der Waals surface area contributed by atoms with E-state index >= 15 is 0 Å². The molecule has 1 saturated heterocycles. The van der Waals surface area contributed by atoms with Gasteiger partial charge < -0.3 is 9.47 Å². The van der Waals surface area contributed by atoms with E-state index in [4.69, 9.17) is 14.3 Å². The number of hydrogen-bond acceptors (Lipinski definition) is 5. The lowest BCUT2D eigenvalue weighted by Crippen LogP contribution is -2.32. The maximum absolute atomic E-state index is 12.3. The average molecular weight is 331 g/mol. The highest BCUT2D eigenvalue weighted by Crippen LogP contribution is 2.42. The van der Waals surface area contributed by atoms with Crippen molar-refractivity contribution in [2.75, 3.05) is 6.61 Å². The fraction of sp³-hybridized carbons (Fsp3) is 0.353. The Morgan fingerprint density at radius 2 is 2.22 bits per heavy atom. The maximum atomic E-state index is 12.3. The predicted molar refractivity (Wildman–Crippen MR) is 86.2 cm³/mol. The lowest BCUT2D eigenvalue weighted by molar-refractivity contribution is -0.186. The predicted octanol–water partition coefficient (Wildman–Crippen LogP) is 3.50. The van der Waals surface area contributed by atoms with Crippen LogP contribution in [0.5, 0.6) is 5.75 Å². The number of hydroxylamine groups is 1. The van der Waals surface area contributed by atoms with Crippen LogP contribution in [0.25, 0.3) is 10.4 Å². The van der Waals surface area contributed by atoms with E-state index in [0.29, 0.717) is 18.1 Å². The van der Waals surface area contributed by atoms with Crippen LogP contribution in [-0.4, -0.2) is 18.8 Å². The maximum Gasteiger partial charge on any atom is 0.285 e. The monoisotopic (exact) mass is 331 g/mol. The molecule has 0 bridgehead atoms. The Hall–Kier alpha value is -1.89. The third kappa shape index (κ3) is 2.97. The minimum Gasteiger partial charge on any atom is -0.488 e. The zero-order valence-electron chi connectivity index (χ0n) is 12.5. The van der Waals surface area contributed by atoms with E-state index in [1.54, 1.807) is 0 Å². The van der Waals surface area contributed by atoms with Gasteiger partial charge in [-0.25, -0.2) is 10.3 Å². The van der Waals surface area contributed by atoms with Gasteiger partial charge >= 0.3 is 0 Å². The Morgan fingerprint density at radius 1 is 1.30 bits per heavy atom. The van der Waals surface area contributed by atoms with Crippen LogP contribution in [0.3, 0.4) is 0 Å². The highest BCUT2D eigenvalue weighted by molar-refractivity contribution is 7.17. The van der Waals surface area contributed by atoms with Gasteiger partial charge in [0.25, 0.3) is 5.91 Å². The number of para-hydroxylation sites is 1. The van der Waals surface area contributed by atoms with Gasteiger partial charge in [-0.3, -0.25) is 4.79 Å². The number of thiophene rings is 1. The molecule has 0 saturated carbocycles. The molecule has 1 atom stereocenters. The summed E-state index contributed by atoms with van der Waals surface area (Å²) in [5, 5.41) is 0. The molecule has 120 valence electrons. The van der Waals surface area contributed by atoms with Crippen LogP contribution in [0.15, 0.2) is 30.3 Å². The van der Waals surface area contributed by atoms with E-state index < -0.39 is 0 Å². The second-order valence-corrected chi connectivity index (χ2v) is 6.65. The van der Waals surface area contributed by atoms with Crippen molar-refractivity contribution in [3.8, 4) is 16.2 Å². The number of benzene rings is 1. The van der Waals surface area contributed by atoms with Crippen molar-refractivity contribution in [1.82, 2.24) is 5.48 Å². The summed E-state index contributed by atoms with van der Waals surface area (Å²) >= 11 is 1.46. The first-order chi connectivity index (χ1) is 11.3. The van der Waals surface area contributed by atoms with Crippen LogP contribution in [0.4, 0.5) is 0 Å². The largest absolute Gasteiger partial charge is 0.488 e. The van der Waals surface area contributed by atoms with Gasteiger partial charge in [0.05, 0.1) is 4.88 Å². The first kappa shape index (κ1) is 14.7. The first-order valence-corrected chi connectivity index (χ1v) is 8.55. The Balaban J connectivity index is 1.48. The van der Waals surface area contributed by atoms with Crippen LogP contribution in [0, 0.1) is 0 Å². The molecule has 1 amide bonds. The fourth-order valence-electron chi connectivity index (χ4n) is 2.79. The van der Waals surface area contributed by atoms with Crippen LogP contribution in [0.2, 0.25) is 0 Å². The normalized spacial score (nSPS) is 19.4. The summed E-state index contributed by atoms with van der Waals surface area (Å²) < 4.78 is 11.2. The number of hydrogen-bond donors (Lipinski definition) is 1. The molecule has 3 heterocycles. The summed E-state index contributed by atoms with van der Waals surface area (Å²) in [6.45, 7) is 1.17. The molecule has 4 rings (SSSR count). The van der Waals surface area contributed by atoms with Gasteiger partial charge in [0.1, 0.15) is 12.4 Å². The summed E-state index contributed by atoms with van der Waals surface area (Å²) in [4.78, 5) is 19.4.